The highest BCUT2D eigenvalue weighted by atomic mass is 79.9. The topological polar surface area (TPSA) is 41.5 Å². The van der Waals surface area contributed by atoms with E-state index in [4.69, 9.17) is 4.74 Å². The van der Waals surface area contributed by atoms with Gasteiger partial charge in [-0.15, -0.1) is 17.0 Å². The Balaban J connectivity index is 0.00000144. The third kappa shape index (κ3) is 3.69. The summed E-state index contributed by atoms with van der Waals surface area (Å²) < 4.78 is 5.10. The van der Waals surface area contributed by atoms with Crippen LogP contribution in [0.2, 0.25) is 0 Å². The van der Waals surface area contributed by atoms with Gasteiger partial charge in [-0.2, -0.15) is 0 Å². The van der Waals surface area contributed by atoms with Gasteiger partial charge in [-0.3, -0.25) is 0 Å². The SMILES string of the molecule is Br.COc1ccc(C(O)C2CCCCN2)cc1. The Labute approximate surface area is 113 Å². The largest absolute Gasteiger partial charge is 0.497 e. The minimum absolute atomic E-state index is 0. The average molecular weight is 302 g/mol. The smallest absolute Gasteiger partial charge is 0.118 e. The van der Waals surface area contributed by atoms with E-state index in [1.54, 1.807) is 7.11 Å². The van der Waals surface area contributed by atoms with E-state index in [1.165, 1.54) is 12.8 Å². The first-order valence-electron chi connectivity index (χ1n) is 5.86. The lowest BCUT2D eigenvalue weighted by Gasteiger charge is -2.28. The Morgan fingerprint density at radius 3 is 2.53 bits per heavy atom. The van der Waals surface area contributed by atoms with Crippen molar-refractivity contribution in [2.45, 2.75) is 31.4 Å². The average Bonchev–Trinajstić information content (AvgIpc) is 2.39. The van der Waals surface area contributed by atoms with E-state index in [9.17, 15) is 5.11 Å². The molecule has 1 saturated heterocycles. The highest BCUT2D eigenvalue weighted by Crippen LogP contribution is 2.24. The van der Waals surface area contributed by atoms with Gasteiger partial charge < -0.3 is 15.2 Å². The van der Waals surface area contributed by atoms with Crippen LogP contribution >= 0.6 is 17.0 Å². The van der Waals surface area contributed by atoms with Gasteiger partial charge >= 0.3 is 0 Å². The molecule has 96 valence electrons. The standard InChI is InChI=1S/C13H19NO2.BrH/c1-16-11-7-5-10(6-8-11)13(15)12-4-2-3-9-14-12;/h5-8,12-15H,2-4,9H2,1H3;1H. The summed E-state index contributed by atoms with van der Waals surface area (Å²) in [6.45, 7) is 1.01. The fourth-order valence-corrected chi connectivity index (χ4v) is 2.18. The van der Waals surface area contributed by atoms with Crippen LogP contribution < -0.4 is 10.1 Å². The second-order valence-corrected chi connectivity index (χ2v) is 4.27. The van der Waals surface area contributed by atoms with Gasteiger partial charge in [0.2, 0.25) is 0 Å². The molecule has 0 amide bonds. The van der Waals surface area contributed by atoms with Crippen LogP contribution in [0.1, 0.15) is 30.9 Å². The van der Waals surface area contributed by atoms with Gasteiger partial charge in [0.05, 0.1) is 13.2 Å². The number of benzene rings is 1. The van der Waals surface area contributed by atoms with Crippen LogP contribution in [-0.2, 0) is 0 Å². The summed E-state index contributed by atoms with van der Waals surface area (Å²) in [4.78, 5) is 0. The molecule has 1 aromatic carbocycles. The lowest BCUT2D eigenvalue weighted by Crippen LogP contribution is -2.38. The van der Waals surface area contributed by atoms with Gasteiger partial charge in [0, 0.05) is 6.04 Å². The van der Waals surface area contributed by atoms with Crippen molar-refractivity contribution >= 4 is 17.0 Å². The third-order valence-electron chi connectivity index (χ3n) is 3.19. The van der Waals surface area contributed by atoms with Crippen LogP contribution in [0.4, 0.5) is 0 Å². The number of hydrogen-bond donors (Lipinski definition) is 2. The van der Waals surface area contributed by atoms with Crippen molar-refractivity contribution in [3.8, 4) is 5.75 Å². The quantitative estimate of drug-likeness (QED) is 0.901. The number of halogens is 1. The fraction of sp³-hybridized carbons (Fsp3) is 0.538. The van der Waals surface area contributed by atoms with Crippen LogP contribution in [0.25, 0.3) is 0 Å². The number of aliphatic hydroxyl groups is 1. The maximum absolute atomic E-state index is 10.2. The van der Waals surface area contributed by atoms with Crippen LogP contribution in [0.15, 0.2) is 24.3 Å². The van der Waals surface area contributed by atoms with Crippen molar-refractivity contribution < 1.29 is 9.84 Å². The molecule has 2 rings (SSSR count). The molecule has 3 nitrogen and oxygen atoms in total. The summed E-state index contributed by atoms with van der Waals surface area (Å²) in [5, 5.41) is 13.6. The molecule has 0 aliphatic carbocycles. The molecule has 0 bridgehead atoms. The molecule has 4 heteroatoms. The van der Waals surface area contributed by atoms with E-state index in [-0.39, 0.29) is 23.0 Å². The Bertz CT molecular complexity index is 323. The van der Waals surface area contributed by atoms with Crippen molar-refractivity contribution in [3.05, 3.63) is 29.8 Å². The van der Waals surface area contributed by atoms with E-state index >= 15 is 0 Å². The molecule has 17 heavy (non-hydrogen) atoms. The summed E-state index contributed by atoms with van der Waals surface area (Å²) in [7, 11) is 1.65. The molecule has 2 unspecified atom stereocenters. The molecule has 1 heterocycles. The van der Waals surface area contributed by atoms with Crippen LogP contribution in [0, 0.1) is 0 Å². The summed E-state index contributed by atoms with van der Waals surface area (Å²) >= 11 is 0. The van der Waals surface area contributed by atoms with Crippen molar-refractivity contribution in [2.75, 3.05) is 13.7 Å². The van der Waals surface area contributed by atoms with E-state index in [1.807, 2.05) is 24.3 Å². The lowest BCUT2D eigenvalue weighted by atomic mass is 9.95. The molecule has 1 fully saturated rings. The second kappa shape index (κ2) is 6.99. The maximum atomic E-state index is 10.2. The summed E-state index contributed by atoms with van der Waals surface area (Å²) in [5.41, 5.74) is 0.959. The van der Waals surface area contributed by atoms with Crippen molar-refractivity contribution in [2.24, 2.45) is 0 Å². The minimum Gasteiger partial charge on any atom is -0.497 e. The highest BCUT2D eigenvalue weighted by molar-refractivity contribution is 8.93. The molecule has 0 spiro atoms. The monoisotopic (exact) mass is 301 g/mol. The number of aliphatic hydroxyl groups excluding tert-OH is 1. The normalized spacial score (nSPS) is 21.4. The summed E-state index contributed by atoms with van der Waals surface area (Å²) in [6, 6.07) is 7.84. The van der Waals surface area contributed by atoms with E-state index in [0.29, 0.717) is 0 Å². The fourth-order valence-electron chi connectivity index (χ4n) is 2.18. The number of ether oxygens (including phenoxy) is 1. The molecule has 2 N–H and O–H groups in total. The van der Waals surface area contributed by atoms with Crippen LogP contribution in [0.3, 0.4) is 0 Å². The third-order valence-corrected chi connectivity index (χ3v) is 3.19. The van der Waals surface area contributed by atoms with Gasteiger partial charge in [-0.05, 0) is 37.1 Å². The molecule has 1 aliphatic rings. The molecular weight excluding hydrogens is 282 g/mol. The molecule has 0 aromatic heterocycles. The molecule has 0 saturated carbocycles. The van der Waals surface area contributed by atoms with Gasteiger partial charge in [0.25, 0.3) is 0 Å². The minimum atomic E-state index is -0.411. The van der Waals surface area contributed by atoms with Gasteiger partial charge in [-0.1, -0.05) is 18.6 Å². The van der Waals surface area contributed by atoms with Crippen molar-refractivity contribution in [1.82, 2.24) is 5.32 Å². The number of methoxy groups -OCH3 is 1. The lowest BCUT2D eigenvalue weighted by molar-refractivity contribution is 0.114. The first-order chi connectivity index (χ1) is 7.81. The van der Waals surface area contributed by atoms with Crippen molar-refractivity contribution in [1.29, 1.82) is 0 Å². The van der Waals surface area contributed by atoms with E-state index in [0.717, 1.165) is 24.3 Å². The summed E-state index contributed by atoms with van der Waals surface area (Å²) in [5.74, 6) is 0.826. The maximum Gasteiger partial charge on any atom is 0.118 e. The molecule has 1 aromatic rings. The molecule has 0 radical (unpaired) electrons. The first-order valence-corrected chi connectivity index (χ1v) is 5.86. The Morgan fingerprint density at radius 2 is 2.00 bits per heavy atom. The second-order valence-electron chi connectivity index (χ2n) is 4.27. The van der Waals surface area contributed by atoms with Crippen molar-refractivity contribution in [3.63, 3.8) is 0 Å². The first kappa shape index (κ1) is 14.5. The Kier molecular flexibility index (Phi) is 5.95. The number of hydrogen-bond acceptors (Lipinski definition) is 3. The summed E-state index contributed by atoms with van der Waals surface area (Å²) in [6.07, 6.45) is 3.05. The van der Waals surface area contributed by atoms with Gasteiger partial charge in [0.1, 0.15) is 5.75 Å². The molecule has 2 atom stereocenters. The highest BCUT2D eigenvalue weighted by Gasteiger charge is 2.22. The van der Waals surface area contributed by atoms with Gasteiger partial charge in [0.15, 0.2) is 0 Å². The Morgan fingerprint density at radius 1 is 1.29 bits per heavy atom. The number of nitrogens with one attached hydrogen (secondary N) is 1. The zero-order valence-corrected chi connectivity index (χ0v) is 11.8. The van der Waals surface area contributed by atoms with E-state index < -0.39 is 6.10 Å². The molecule has 1 aliphatic heterocycles. The zero-order valence-electron chi connectivity index (χ0n) is 10.1. The zero-order chi connectivity index (χ0) is 11.4. The van der Waals surface area contributed by atoms with Crippen LogP contribution in [0.5, 0.6) is 5.75 Å². The van der Waals surface area contributed by atoms with E-state index in [2.05, 4.69) is 5.32 Å². The number of rotatable bonds is 3. The number of piperidine rings is 1. The predicted octanol–water partition coefficient (Wildman–Crippen LogP) is 2.45. The van der Waals surface area contributed by atoms with Gasteiger partial charge in [-0.25, -0.2) is 0 Å². The predicted molar refractivity (Wildman–Crippen MR) is 73.9 cm³/mol. The molecular formula is C13H20BrNO2. The Hall–Kier alpha value is -0.580. The van der Waals surface area contributed by atoms with Crippen LogP contribution in [-0.4, -0.2) is 24.8 Å².